The average molecular weight is 202 g/mol. The minimum atomic E-state index is 0.225. The molecule has 4 nitrogen and oxygen atoms in total. The van der Waals surface area contributed by atoms with Gasteiger partial charge < -0.3 is 11.5 Å². The number of hydrogen-bond donors (Lipinski definition) is 2. The number of likely N-dealkylation sites (tertiary alicyclic amines) is 1. The summed E-state index contributed by atoms with van der Waals surface area (Å²) in [6.07, 6.45) is 4.29. The minimum absolute atomic E-state index is 0.225. The maximum atomic E-state index is 5.33. The second-order valence-electron chi connectivity index (χ2n) is 3.32. The molecular formula is C8H18N4S. The zero-order valence-corrected chi connectivity index (χ0v) is 8.89. The van der Waals surface area contributed by atoms with Crippen molar-refractivity contribution < 1.29 is 0 Å². The zero-order chi connectivity index (χ0) is 9.68. The molecule has 1 fully saturated rings. The van der Waals surface area contributed by atoms with Gasteiger partial charge >= 0.3 is 0 Å². The molecule has 1 rings (SSSR count). The molecule has 1 saturated heterocycles. The number of piperidine rings is 1. The van der Waals surface area contributed by atoms with Gasteiger partial charge in [0.15, 0.2) is 5.96 Å². The van der Waals surface area contributed by atoms with Crippen molar-refractivity contribution in [2.24, 2.45) is 16.5 Å². The Kier molecular flexibility index (Phi) is 4.38. The summed E-state index contributed by atoms with van der Waals surface area (Å²) in [5.41, 5.74) is 10.7. The van der Waals surface area contributed by atoms with Gasteiger partial charge in [0.05, 0.1) is 6.04 Å². The summed E-state index contributed by atoms with van der Waals surface area (Å²) in [5, 5.41) is 0. The van der Waals surface area contributed by atoms with Crippen LogP contribution in [0.15, 0.2) is 4.99 Å². The number of aliphatic imine (C=N–C) groups is 1. The molecule has 1 heterocycles. The van der Waals surface area contributed by atoms with Crippen molar-refractivity contribution in [1.29, 1.82) is 0 Å². The Morgan fingerprint density at radius 2 is 2.08 bits per heavy atom. The lowest BCUT2D eigenvalue weighted by molar-refractivity contribution is 0.247. The first-order valence-corrected chi connectivity index (χ1v) is 5.92. The molecular weight excluding hydrogens is 184 g/mol. The molecule has 0 radical (unpaired) electrons. The van der Waals surface area contributed by atoms with E-state index in [2.05, 4.69) is 16.1 Å². The van der Waals surface area contributed by atoms with Crippen LogP contribution in [-0.2, 0) is 0 Å². The molecule has 0 aliphatic carbocycles. The standard InChI is InChI=1S/C8H18N4S/c1-13-6-12-4-2-7(3-5-12)11-8(9)10/h7H,2-6H2,1H3,(H4,9,10,11). The Bertz CT molecular complexity index is 171. The highest BCUT2D eigenvalue weighted by Gasteiger charge is 2.17. The fourth-order valence-corrected chi connectivity index (χ4v) is 2.19. The Morgan fingerprint density at radius 1 is 1.46 bits per heavy atom. The molecule has 0 unspecified atom stereocenters. The van der Waals surface area contributed by atoms with Crippen molar-refractivity contribution in [3.8, 4) is 0 Å². The van der Waals surface area contributed by atoms with Gasteiger partial charge in [-0.1, -0.05) is 0 Å². The SMILES string of the molecule is CSCN1CCC(N=C(N)N)CC1. The van der Waals surface area contributed by atoms with E-state index in [1.807, 2.05) is 11.8 Å². The second kappa shape index (κ2) is 5.34. The summed E-state index contributed by atoms with van der Waals surface area (Å²) in [6.45, 7) is 2.23. The van der Waals surface area contributed by atoms with Gasteiger partial charge in [0, 0.05) is 19.0 Å². The minimum Gasteiger partial charge on any atom is -0.370 e. The van der Waals surface area contributed by atoms with Crippen molar-refractivity contribution in [3.05, 3.63) is 0 Å². The molecule has 0 atom stereocenters. The van der Waals surface area contributed by atoms with Gasteiger partial charge in [0.25, 0.3) is 0 Å². The lowest BCUT2D eigenvalue weighted by Gasteiger charge is -2.29. The van der Waals surface area contributed by atoms with Crippen LogP contribution in [0.5, 0.6) is 0 Å². The molecule has 1 aliphatic rings. The predicted octanol–water partition coefficient (Wildman–Crippen LogP) is 0.0447. The highest BCUT2D eigenvalue weighted by Crippen LogP contribution is 2.14. The molecule has 76 valence electrons. The lowest BCUT2D eigenvalue weighted by atomic mass is 10.1. The summed E-state index contributed by atoms with van der Waals surface area (Å²) >= 11 is 1.86. The van der Waals surface area contributed by atoms with E-state index in [-0.39, 0.29) is 5.96 Å². The number of hydrogen-bond acceptors (Lipinski definition) is 3. The molecule has 4 N–H and O–H groups in total. The van der Waals surface area contributed by atoms with Crippen LogP contribution < -0.4 is 11.5 Å². The Balaban J connectivity index is 2.26. The van der Waals surface area contributed by atoms with Gasteiger partial charge in [-0.2, -0.15) is 0 Å². The quantitative estimate of drug-likeness (QED) is 0.501. The van der Waals surface area contributed by atoms with E-state index >= 15 is 0 Å². The van der Waals surface area contributed by atoms with Crippen molar-refractivity contribution >= 4 is 17.7 Å². The van der Waals surface area contributed by atoms with Crippen LogP contribution >= 0.6 is 11.8 Å². The van der Waals surface area contributed by atoms with Crippen LogP contribution in [0.3, 0.4) is 0 Å². The van der Waals surface area contributed by atoms with E-state index in [4.69, 9.17) is 11.5 Å². The topological polar surface area (TPSA) is 67.6 Å². The summed E-state index contributed by atoms with van der Waals surface area (Å²) in [4.78, 5) is 6.60. The van der Waals surface area contributed by atoms with Crippen LogP contribution in [0.2, 0.25) is 0 Å². The number of rotatable bonds is 3. The first kappa shape index (κ1) is 10.7. The molecule has 0 bridgehead atoms. The van der Waals surface area contributed by atoms with E-state index in [9.17, 15) is 0 Å². The Morgan fingerprint density at radius 3 is 2.54 bits per heavy atom. The first-order valence-electron chi connectivity index (χ1n) is 4.52. The fraction of sp³-hybridized carbons (Fsp3) is 0.875. The third-order valence-electron chi connectivity index (χ3n) is 2.20. The van der Waals surface area contributed by atoms with Gasteiger partial charge in [-0.05, 0) is 19.1 Å². The third kappa shape index (κ3) is 3.87. The maximum Gasteiger partial charge on any atom is 0.186 e. The van der Waals surface area contributed by atoms with Gasteiger partial charge in [0.2, 0.25) is 0 Å². The summed E-state index contributed by atoms with van der Waals surface area (Å²) < 4.78 is 0. The molecule has 0 spiro atoms. The monoisotopic (exact) mass is 202 g/mol. The smallest absolute Gasteiger partial charge is 0.186 e. The maximum absolute atomic E-state index is 5.33. The number of guanidine groups is 1. The van der Waals surface area contributed by atoms with Crippen LogP contribution in [0, 0.1) is 0 Å². The van der Waals surface area contributed by atoms with Gasteiger partial charge in [-0.15, -0.1) is 11.8 Å². The molecule has 0 saturated carbocycles. The molecule has 1 aliphatic heterocycles. The summed E-state index contributed by atoms with van der Waals surface area (Å²) in [7, 11) is 0. The average Bonchev–Trinajstić information content (AvgIpc) is 2.08. The van der Waals surface area contributed by atoms with Gasteiger partial charge in [-0.25, -0.2) is 0 Å². The van der Waals surface area contributed by atoms with E-state index in [1.54, 1.807) is 0 Å². The zero-order valence-electron chi connectivity index (χ0n) is 8.07. The summed E-state index contributed by atoms with van der Waals surface area (Å²) in [6, 6.07) is 0.350. The van der Waals surface area contributed by atoms with E-state index in [0.717, 1.165) is 31.8 Å². The fourth-order valence-electron chi connectivity index (χ4n) is 1.57. The van der Waals surface area contributed by atoms with Crippen LogP contribution in [0.25, 0.3) is 0 Å². The second-order valence-corrected chi connectivity index (χ2v) is 4.16. The van der Waals surface area contributed by atoms with E-state index < -0.39 is 0 Å². The third-order valence-corrected chi connectivity index (χ3v) is 2.82. The number of thioether (sulfide) groups is 1. The van der Waals surface area contributed by atoms with E-state index in [1.165, 1.54) is 0 Å². The van der Waals surface area contributed by atoms with Crippen LogP contribution in [0.4, 0.5) is 0 Å². The van der Waals surface area contributed by atoms with Crippen molar-refractivity contribution in [1.82, 2.24) is 4.90 Å². The van der Waals surface area contributed by atoms with Crippen molar-refractivity contribution in [2.75, 3.05) is 25.2 Å². The van der Waals surface area contributed by atoms with Crippen LogP contribution in [-0.4, -0.2) is 42.1 Å². The largest absolute Gasteiger partial charge is 0.370 e. The molecule has 0 amide bonds. The first-order chi connectivity index (χ1) is 6.22. The Hall–Kier alpha value is -0.420. The van der Waals surface area contributed by atoms with E-state index in [0.29, 0.717) is 6.04 Å². The van der Waals surface area contributed by atoms with Gasteiger partial charge in [-0.3, -0.25) is 9.89 Å². The highest BCUT2D eigenvalue weighted by molar-refractivity contribution is 7.98. The highest BCUT2D eigenvalue weighted by atomic mass is 32.2. The number of nitrogens with zero attached hydrogens (tertiary/aromatic N) is 2. The number of nitrogens with two attached hydrogens (primary N) is 2. The van der Waals surface area contributed by atoms with Crippen LogP contribution in [0.1, 0.15) is 12.8 Å². The molecule has 13 heavy (non-hydrogen) atoms. The normalized spacial score (nSPS) is 20.1. The Labute approximate surface area is 83.7 Å². The molecule has 0 aromatic rings. The lowest BCUT2D eigenvalue weighted by Crippen LogP contribution is -2.36. The van der Waals surface area contributed by atoms with Crippen molar-refractivity contribution in [2.45, 2.75) is 18.9 Å². The van der Waals surface area contributed by atoms with Gasteiger partial charge in [0.1, 0.15) is 0 Å². The summed E-state index contributed by atoms with van der Waals surface area (Å²) in [5.74, 6) is 1.34. The van der Waals surface area contributed by atoms with Crippen molar-refractivity contribution in [3.63, 3.8) is 0 Å². The molecule has 0 aromatic heterocycles. The predicted molar refractivity (Wildman–Crippen MR) is 58.8 cm³/mol. The molecule has 0 aromatic carbocycles. The molecule has 5 heteroatoms.